The van der Waals surface area contributed by atoms with Crippen LogP contribution in [0.5, 0.6) is 0 Å². The van der Waals surface area contributed by atoms with Crippen LogP contribution in [-0.4, -0.2) is 36.8 Å². The lowest BCUT2D eigenvalue weighted by Gasteiger charge is -2.28. The zero-order chi connectivity index (χ0) is 12.5. The Morgan fingerprint density at radius 2 is 2.00 bits per heavy atom. The van der Waals surface area contributed by atoms with Crippen LogP contribution in [0.4, 0.5) is 0 Å². The molecule has 17 heavy (non-hydrogen) atoms. The minimum absolute atomic E-state index is 0.118. The first kappa shape index (κ1) is 12.5. The maximum absolute atomic E-state index is 12.2. The van der Waals surface area contributed by atoms with E-state index in [-0.39, 0.29) is 11.1 Å². The molecule has 0 aliphatic carbocycles. The second-order valence-corrected chi connectivity index (χ2v) is 6.30. The van der Waals surface area contributed by atoms with Gasteiger partial charge in [0.25, 0.3) is 10.0 Å². The van der Waals surface area contributed by atoms with E-state index in [1.807, 2.05) is 6.92 Å². The van der Waals surface area contributed by atoms with Gasteiger partial charge in [-0.3, -0.25) is 0 Å². The number of sulfonamides is 1. The first-order valence-corrected chi connectivity index (χ1v) is 7.12. The smallest absolute Gasteiger partial charge is 0.260 e. The minimum Gasteiger partial charge on any atom is -0.328 e. The molecule has 5 nitrogen and oxygen atoms in total. The Labute approximate surface area is 102 Å². The topological polar surface area (TPSA) is 76.3 Å². The van der Waals surface area contributed by atoms with Crippen LogP contribution in [0.15, 0.2) is 23.4 Å². The van der Waals surface area contributed by atoms with Crippen LogP contribution >= 0.6 is 0 Å². The summed E-state index contributed by atoms with van der Waals surface area (Å²) in [6.07, 6.45) is 3.00. The van der Waals surface area contributed by atoms with Crippen molar-refractivity contribution in [3.05, 3.63) is 23.9 Å². The van der Waals surface area contributed by atoms with Gasteiger partial charge in [-0.2, -0.15) is 4.31 Å². The van der Waals surface area contributed by atoms with Gasteiger partial charge in [-0.15, -0.1) is 0 Å². The fourth-order valence-corrected chi connectivity index (χ4v) is 3.24. The second kappa shape index (κ2) is 4.72. The largest absolute Gasteiger partial charge is 0.328 e. The van der Waals surface area contributed by atoms with E-state index in [2.05, 4.69) is 4.98 Å². The number of rotatable bonds is 2. The van der Waals surface area contributed by atoms with Crippen LogP contribution in [0.25, 0.3) is 0 Å². The Balaban J connectivity index is 2.21. The molecule has 0 saturated carbocycles. The molecule has 1 aliphatic rings. The molecule has 6 heteroatoms. The van der Waals surface area contributed by atoms with E-state index in [0.717, 1.165) is 5.56 Å². The third-order valence-corrected chi connectivity index (χ3v) is 4.80. The van der Waals surface area contributed by atoms with Gasteiger partial charge in [0, 0.05) is 25.3 Å². The summed E-state index contributed by atoms with van der Waals surface area (Å²) in [5, 5.41) is 0.124. The van der Waals surface area contributed by atoms with E-state index in [1.54, 1.807) is 18.3 Å². The van der Waals surface area contributed by atoms with Gasteiger partial charge in [-0.25, -0.2) is 13.4 Å². The summed E-state index contributed by atoms with van der Waals surface area (Å²) in [5.41, 5.74) is 6.71. The summed E-state index contributed by atoms with van der Waals surface area (Å²) in [6, 6.07) is 3.43. The third-order valence-electron chi connectivity index (χ3n) is 2.99. The van der Waals surface area contributed by atoms with E-state index in [9.17, 15) is 8.42 Å². The Bertz CT molecular complexity index is 476. The predicted octanol–water partition coefficient (Wildman–Crippen LogP) is 0.502. The van der Waals surface area contributed by atoms with Crippen LogP contribution in [-0.2, 0) is 10.0 Å². The molecule has 0 amide bonds. The minimum atomic E-state index is -3.44. The number of piperidine rings is 1. The van der Waals surface area contributed by atoms with Gasteiger partial charge in [0.2, 0.25) is 0 Å². The maximum atomic E-state index is 12.2. The average Bonchev–Trinajstić information content (AvgIpc) is 2.30. The average molecular weight is 255 g/mol. The van der Waals surface area contributed by atoms with Gasteiger partial charge in [0.15, 0.2) is 5.03 Å². The highest BCUT2D eigenvalue weighted by molar-refractivity contribution is 7.89. The Morgan fingerprint density at radius 1 is 1.35 bits per heavy atom. The van der Waals surface area contributed by atoms with E-state index >= 15 is 0 Å². The van der Waals surface area contributed by atoms with Crippen molar-refractivity contribution in [2.75, 3.05) is 13.1 Å². The number of nitrogens with two attached hydrogens (primary N) is 1. The van der Waals surface area contributed by atoms with Crippen LogP contribution in [0.1, 0.15) is 18.4 Å². The second-order valence-electron chi connectivity index (χ2n) is 4.42. The van der Waals surface area contributed by atoms with Crippen molar-refractivity contribution < 1.29 is 8.42 Å². The van der Waals surface area contributed by atoms with Gasteiger partial charge in [0.05, 0.1) is 0 Å². The Morgan fingerprint density at radius 3 is 2.53 bits per heavy atom. The summed E-state index contributed by atoms with van der Waals surface area (Å²) in [5.74, 6) is 0. The third kappa shape index (κ3) is 2.65. The lowest BCUT2D eigenvalue weighted by atomic mass is 10.1. The lowest BCUT2D eigenvalue weighted by molar-refractivity contribution is 0.319. The van der Waals surface area contributed by atoms with Crippen LogP contribution < -0.4 is 5.73 Å². The van der Waals surface area contributed by atoms with Crippen molar-refractivity contribution in [2.24, 2.45) is 5.73 Å². The Hall–Kier alpha value is -0.980. The molecule has 94 valence electrons. The van der Waals surface area contributed by atoms with Gasteiger partial charge in [0.1, 0.15) is 0 Å². The molecule has 0 atom stereocenters. The van der Waals surface area contributed by atoms with Crippen molar-refractivity contribution in [3.63, 3.8) is 0 Å². The summed E-state index contributed by atoms with van der Waals surface area (Å²) in [4.78, 5) is 3.98. The first-order valence-electron chi connectivity index (χ1n) is 5.68. The van der Waals surface area contributed by atoms with Crippen molar-refractivity contribution in [1.29, 1.82) is 0 Å². The van der Waals surface area contributed by atoms with Crippen molar-refractivity contribution in [1.82, 2.24) is 9.29 Å². The van der Waals surface area contributed by atoms with Crippen LogP contribution in [0.3, 0.4) is 0 Å². The fraction of sp³-hybridized carbons (Fsp3) is 0.545. The molecule has 0 bridgehead atoms. The number of nitrogens with zero attached hydrogens (tertiary/aromatic N) is 2. The fourth-order valence-electron chi connectivity index (χ4n) is 1.86. The lowest BCUT2D eigenvalue weighted by Crippen LogP contribution is -2.42. The van der Waals surface area contributed by atoms with Crippen LogP contribution in [0, 0.1) is 6.92 Å². The summed E-state index contributed by atoms with van der Waals surface area (Å²) < 4.78 is 25.9. The SMILES string of the molecule is Cc1ccc(S(=O)(=O)N2CCC(N)CC2)nc1. The molecule has 1 aliphatic heterocycles. The summed E-state index contributed by atoms with van der Waals surface area (Å²) in [7, 11) is -3.44. The molecule has 1 aromatic rings. The first-order chi connectivity index (χ1) is 8.00. The Kier molecular flexibility index (Phi) is 3.46. The van der Waals surface area contributed by atoms with Crippen LogP contribution in [0.2, 0.25) is 0 Å². The number of aryl methyl sites for hydroxylation is 1. The molecule has 2 heterocycles. The monoisotopic (exact) mass is 255 g/mol. The summed E-state index contributed by atoms with van der Waals surface area (Å²) in [6.45, 7) is 2.85. The molecular formula is C11H17N3O2S. The van der Waals surface area contributed by atoms with Gasteiger partial charge in [-0.05, 0) is 31.4 Å². The normalized spacial score (nSPS) is 19.4. The molecule has 2 rings (SSSR count). The molecular weight excluding hydrogens is 238 g/mol. The van der Waals surface area contributed by atoms with E-state index in [0.29, 0.717) is 25.9 Å². The number of pyridine rings is 1. The summed E-state index contributed by atoms with van der Waals surface area (Å²) >= 11 is 0. The predicted molar refractivity (Wildman–Crippen MR) is 64.9 cm³/mol. The standard InChI is InChI=1S/C11H17N3O2S/c1-9-2-3-11(13-8-9)17(15,16)14-6-4-10(12)5-7-14/h2-3,8,10H,4-7,12H2,1H3. The zero-order valence-corrected chi connectivity index (χ0v) is 10.7. The quantitative estimate of drug-likeness (QED) is 0.835. The molecule has 0 aromatic carbocycles. The number of hydrogen-bond acceptors (Lipinski definition) is 4. The number of hydrogen-bond donors (Lipinski definition) is 1. The van der Waals surface area contributed by atoms with Gasteiger partial charge in [-0.1, -0.05) is 6.07 Å². The highest BCUT2D eigenvalue weighted by Gasteiger charge is 2.28. The molecule has 1 saturated heterocycles. The molecule has 1 fully saturated rings. The van der Waals surface area contributed by atoms with E-state index in [4.69, 9.17) is 5.73 Å². The highest BCUT2D eigenvalue weighted by Crippen LogP contribution is 2.18. The number of aromatic nitrogens is 1. The maximum Gasteiger partial charge on any atom is 0.260 e. The molecule has 2 N–H and O–H groups in total. The molecule has 0 radical (unpaired) electrons. The van der Waals surface area contributed by atoms with Crippen molar-refractivity contribution in [3.8, 4) is 0 Å². The van der Waals surface area contributed by atoms with E-state index < -0.39 is 10.0 Å². The molecule has 0 unspecified atom stereocenters. The van der Waals surface area contributed by atoms with E-state index in [1.165, 1.54) is 4.31 Å². The molecule has 1 aromatic heterocycles. The zero-order valence-electron chi connectivity index (χ0n) is 9.83. The van der Waals surface area contributed by atoms with Gasteiger partial charge < -0.3 is 5.73 Å². The molecule has 0 spiro atoms. The highest BCUT2D eigenvalue weighted by atomic mass is 32.2. The van der Waals surface area contributed by atoms with Crippen molar-refractivity contribution in [2.45, 2.75) is 30.8 Å². The van der Waals surface area contributed by atoms with Crippen molar-refractivity contribution >= 4 is 10.0 Å². The van der Waals surface area contributed by atoms with Gasteiger partial charge >= 0.3 is 0 Å².